The van der Waals surface area contributed by atoms with Gasteiger partial charge < -0.3 is 10.1 Å². The number of aromatic nitrogens is 2. The van der Waals surface area contributed by atoms with Crippen LogP contribution in [0.3, 0.4) is 0 Å². The third-order valence-corrected chi connectivity index (χ3v) is 7.26. The van der Waals surface area contributed by atoms with Crippen LogP contribution in [0.1, 0.15) is 29.1 Å². The van der Waals surface area contributed by atoms with Gasteiger partial charge in [0.25, 0.3) is 10.0 Å². The Hall–Kier alpha value is -3.50. The van der Waals surface area contributed by atoms with Crippen LogP contribution in [-0.4, -0.2) is 31.0 Å². The van der Waals surface area contributed by atoms with Gasteiger partial charge in [0.05, 0.1) is 28.1 Å². The van der Waals surface area contributed by atoms with E-state index >= 15 is 0 Å². The maximum absolute atomic E-state index is 13.0. The number of esters is 1. The number of para-hydroxylation sites is 2. The second-order valence-corrected chi connectivity index (χ2v) is 9.80. The summed E-state index contributed by atoms with van der Waals surface area (Å²) in [6.45, 7) is 3.97. The highest BCUT2D eigenvalue weighted by molar-refractivity contribution is 7.92. The van der Waals surface area contributed by atoms with Crippen LogP contribution in [0.4, 0.5) is 16.6 Å². The summed E-state index contributed by atoms with van der Waals surface area (Å²) in [6.07, 6.45) is 0.732. The normalized spacial score (nSPS) is 11.3. The number of carbonyl (C=O) groups excluding carboxylic acids is 1. The van der Waals surface area contributed by atoms with E-state index in [4.69, 9.17) is 4.74 Å². The van der Waals surface area contributed by atoms with Gasteiger partial charge in [-0.3, -0.25) is 4.72 Å². The number of nitrogens with zero attached hydrogens (tertiary/aromatic N) is 2. The zero-order valence-electron chi connectivity index (χ0n) is 18.0. The van der Waals surface area contributed by atoms with Crippen LogP contribution >= 0.6 is 11.3 Å². The van der Waals surface area contributed by atoms with Gasteiger partial charge in [-0.15, -0.1) is 11.3 Å². The first-order valence-electron chi connectivity index (χ1n) is 10.3. The molecule has 2 aromatic carbocycles. The first-order chi connectivity index (χ1) is 15.9. The molecule has 0 aliphatic heterocycles. The number of nitrogens with one attached hydrogen (secondary N) is 2. The summed E-state index contributed by atoms with van der Waals surface area (Å²) in [5.74, 6) is -0.252. The lowest BCUT2D eigenvalue weighted by Crippen LogP contribution is -2.16. The minimum atomic E-state index is -3.91. The van der Waals surface area contributed by atoms with Gasteiger partial charge in [0.1, 0.15) is 5.00 Å². The van der Waals surface area contributed by atoms with Crippen LogP contribution in [0.25, 0.3) is 11.0 Å². The molecule has 2 N–H and O–H groups in total. The van der Waals surface area contributed by atoms with Crippen molar-refractivity contribution in [2.45, 2.75) is 25.2 Å². The van der Waals surface area contributed by atoms with E-state index in [1.807, 2.05) is 13.0 Å². The van der Waals surface area contributed by atoms with Crippen molar-refractivity contribution >= 4 is 55.0 Å². The monoisotopic (exact) mass is 482 g/mol. The summed E-state index contributed by atoms with van der Waals surface area (Å²) in [5, 5.41) is 3.63. The Morgan fingerprint density at radius 1 is 0.970 bits per heavy atom. The standard InChI is InChI=1S/C23H22N4O4S2/c1-3-15-14-17(23(28)31-4-2)22(32-15)26-20-21(25-19-13-9-8-12-18(19)24-20)27-33(29,30)16-10-6-5-7-11-16/h5-14H,3-4H2,1-2H3,(H,24,26)(H,25,27). The molecule has 4 aromatic rings. The number of ether oxygens (including phenoxy) is 1. The first-order valence-corrected chi connectivity index (χ1v) is 12.6. The molecule has 10 heteroatoms. The van der Waals surface area contributed by atoms with Crippen molar-refractivity contribution in [1.29, 1.82) is 0 Å². The summed E-state index contributed by atoms with van der Waals surface area (Å²) >= 11 is 1.38. The molecule has 2 heterocycles. The maximum Gasteiger partial charge on any atom is 0.341 e. The summed E-state index contributed by atoms with van der Waals surface area (Å²) in [7, 11) is -3.91. The predicted molar refractivity (Wildman–Crippen MR) is 130 cm³/mol. The van der Waals surface area contributed by atoms with Crippen LogP contribution in [0.5, 0.6) is 0 Å². The average Bonchev–Trinajstić information content (AvgIpc) is 3.23. The van der Waals surface area contributed by atoms with Crippen LogP contribution < -0.4 is 10.0 Å². The van der Waals surface area contributed by atoms with Crippen LogP contribution in [0, 0.1) is 0 Å². The lowest BCUT2D eigenvalue weighted by molar-refractivity contribution is 0.0528. The first kappa shape index (κ1) is 22.7. The third-order valence-electron chi connectivity index (χ3n) is 4.71. The Morgan fingerprint density at radius 2 is 1.61 bits per heavy atom. The Balaban J connectivity index is 1.79. The Bertz CT molecular complexity index is 1400. The number of aryl methyl sites for hydroxylation is 1. The van der Waals surface area contributed by atoms with E-state index < -0.39 is 16.0 Å². The number of benzene rings is 2. The molecule has 33 heavy (non-hydrogen) atoms. The molecule has 0 spiro atoms. The zero-order valence-corrected chi connectivity index (χ0v) is 19.7. The molecular formula is C23H22N4O4S2. The number of fused-ring (bicyclic) bond motifs is 1. The van der Waals surface area contributed by atoms with E-state index in [1.165, 1.54) is 23.5 Å². The average molecular weight is 483 g/mol. The number of anilines is 3. The van der Waals surface area contributed by atoms with Crippen molar-refractivity contribution in [3.63, 3.8) is 0 Å². The fourth-order valence-electron chi connectivity index (χ4n) is 3.12. The van der Waals surface area contributed by atoms with Gasteiger partial charge in [0.15, 0.2) is 11.6 Å². The summed E-state index contributed by atoms with van der Waals surface area (Å²) in [5.41, 5.74) is 1.47. The molecule has 0 aliphatic carbocycles. The Morgan fingerprint density at radius 3 is 2.24 bits per heavy atom. The number of hydrogen-bond donors (Lipinski definition) is 2. The second-order valence-electron chi connectivity index (χ2n) is 6.98. The fraction of sp³-hybridized carbons (Fsp3) is 0.174. The van der Waals surface area contributed by atoms with Gasteiger partial charge in [-0.05, 0) is 43.7 Å². The Kier molecular flexibility index (Phi) is 6.57. The lowest BCUT2D eigenvalue weighted by atomic mass is 10.2. The van der Waals surface area contributed by atoms with E-state index in [1.54, 1.807) is 49.4 Å². The number of rotatable bonds is 8. The van der Waals surface area contributed by atoms with E-state index in [0.29, 0.717) is 21.6 Å². The largest absolute Gasteiger partial charge is 0.462 e. The minimum absolute atomic E-state index is 0.0267. The van der Waals surface area contributed by atoms with Gasteiger partial charge in [-0.25, -0.2) is 23.2 Å². The molecule has 4 rings (SSSR count). The van der Waals surface area contributed by atoms with Crippen molar-refractivity contribution in [1.82, 2.24) is 9.97 Å². The highest BCUT2D eigenvalue weighted by Gasteiger charge is 2.22. The number of sulfonamides is 1. The Labute approximate surface area is 195 Å². The van der Waals surface area contributed by atoms with Crippen molar-refractivity contribution in [3.05, 3.63) is 71.1 Å². The molecule has 0 amide bonds. The van der Waals surface area contributed by atoms with Gasteiger partial charge in [-0.2, -0.15) is 0 Å². The summed E-state index contributed by atoms with van der Waals surface area (Å²) in [6, 6.07) is 16.9. The smallest absolute Gasteiger partial charge is 0.341 e. The molecule has 2 aromatic heterocycles. The van der Waals surface area contributed by atoms with Crippen LogP contribution in [0.2, 0.25) is 0 Å². The van der Waals surface area contributed by atoms with Crippen molar-refractivity contribution in [2.24, 2.45) is 0 Å². The molecule has 0 radical (unpaired) electrons. The maximum atomic E-state index is 13.0. The van der Waals surface area contributed by atoms with Crippen LogP contribution in [0.15, 0.2) is 65.6 Å². The van der Waals surface area contributed by atoms with Gasteiger partial charge in [0, 0.05) is 4.88 Å². The number of thiophene rings is 1. The van der Waals surface area contributed by atoms with Crippen LogP contribution in [-0.2, 0) is 21.2 Å². The lowest BCUT2D eigenvalue weighted by Gasteiger charge is -2.14. The molecule has 0 aliphatic rings. The molecule has 0 saturated carbocycles. The summed E-state index contributed by atoms with van der Waals surface area (Å²) in [4.78, 5) is 22.6. The molecule has 0 atom stereocenters. The van der Waals surface area contributed by atoms with Crippen molar-refractivity contribution < 1.29 is 17.9 Å². The summed E-state index contributed by atoms with van der Waals surface area (Å²) < 4.78 is 33.7. The highest BCUT2D eigenvalue weighted by Crippen LogP contribution is 2.34. The van der Waals surface area contributed by atoms with E-state index in [-0.39, 0.29) is 23.1 Å². The topological polar surface area (TPSA) is 110 Å². The molecule has 8 nitrogen and oxygen atoms in total. The predicted octanol–water partition coefficient (Wildman–Crippen LogP) is 4.97. The van der Waals surface area contributed by atoms with Gasteiger partial charge in [0.2, 0.25) is 0 Å². The highest BCUT2D eigenvalue weighted by atomic mass is 32.2. The van der Waals surface area contributed by atoms with Crippen molar-refractivity contribution in [2.75, 3.05) is 16.6 Å². The molecule has 0 saturated heterocycles. The molecule has 170 valence electrons. The van der Waals surface area contributed by atoms with E-state index in [2.05, 4.69) is 20.0 Å². The molecule has 0 bridgehead atoms. The minimum Gasteiger partial charge on any atom is -0.462 e. The SMILES string of the molecule is CCOC(=O)c1cc(CC)sc1Nc1nc2ccccc2nc1NS(=O)(=O)c1ccccc1. The van der Waals surface area contributed by atoms with E-state index in [0.717, 1.165) is 11.3 Å². The number of carbonyl (C=O) groups is 1. The quantitative estimate of drug-likeness (QED) is 0.341. The fourth-order valence-corrected chi connectivity index (χ4v) is 5.13. The van der Waals surface area contributed by atoms with Crippen molar-refractivity contribution in [3.8, 4) is 0 Å². The number of hydrogen-bond acceptors (Lipinski definition) is 8. The van der Waals surface area contributed by atoms with E-state index in [9.17, 15) is 13.2 Å². The molecule has 0 unspecified atom stereocenters. The third kappa shape index (κ3) is 4.96. The molecule has 0 fully saturated rings. The van der Waals surface area contributed by atoms with Gasteiger partial charge >= 0.3 is 5.97 Å². The molecular weight excluding hydrogens is 460 g/mol. The van der Waals surface area contributed by atoms with Gasteiger partial charge in [-0.1, -0.05) is 37.3 Å². The second kappa shape index (κ2) is 9.55. The zero-order chi connectivity index (χ0) is 23.4.